The Hall–Kier alpha value is -1.71. The van der Waals surface area contributed by atoms with Crippen molar-refractivity contribution in [3.05, 3.63) is 58.7 Å². The van der Waals surface area contributed by atoms with Crippen molar-refractivity contribution in [2.24, 2.45) is 0 Å². The molecule has 19 heavy (non-hydrogen) atoms. The number of benzene rings is 2. The molecule has 0 saturated heterocycles. The van der Waals surface area contributed by atoms with Crippen molar-refractivity contribution < 1.29 is 9.50 Å². The molecule has 1 aromatic heterocycles. The highest BCUT2D eigenvalue weighted by molar-refractivity contribution is 7.18. The SMILES string of the molecule is Cc1ccccc1-c1c(F)sc2ccc(CO)cc12. The first kappa shape index (κ1) is 12.3. The normalized spacial score (nSPS) is 11.1. The van der Waals surface area contributed by atoms with E-state index in [9.17, 15) is 9.50 Å². The molecule has 96 valence electrons. The van der Waals surface area contributed by atoms with E-state index in [1.54, 1.807) is 0 Å². The van der Waals surface area contributed by atoms with Crippen molar-refractivity contribution in [1.29, 1.82) is 0 Å². The van der Waals surface area contributed by atoms with Crippen LogP contribution in [0.15, 0.2) is 42.5 Å². The maximum absolute atomic E-state index is 14.3. The van der Waals surface area contributed by atoms with Crippen molar-refractivity contribution in [2.45, 2.75) is 13.5 Å². The minimum absolute atomic E-state index is 0.0272. The van der Waals surface area contributed by atoms with Crippen LogP contribution in [0.2, 0.25) is 0 Å². The lowest BCUT2D eigenvalue weighted by atomic mass is 9.99. The van der Waals surface area contributed by atoms with Crippen LogP contribution in [0.4, 0.5) is 4.39 Å². The van der Waals surface area contributed by atoms with Gasteiger partial charge < -0.3 is 5.11 Å². The number of thiophene rings is 1. The fourth-order valence-electron chi connectivity index (χ4n) is 2.32. The number of rotatable bonds is 2. The molecule has 0 atom stereocenters. The van der Waals surface area contributed by atoms with E-state index in [2.05, 4.69) is 0 Å². The summed E-state index contributed by atoms with van der Waals surface area (Å²) in [6, 6.07) is 13.4. The minimum atomic E-state index is -0.167. The van der Waals surface area contributed by atoms with Crippen molar-refractivity contribution in [1.82, 2.24) is 0 Å². The first-order valence-corrected chi connectivity index (χ1v) is 6.90. The average Bonchev–Trinajstić information content (AvgIpc) is 2.74. The maximum Gasteiger partial charge on any atom is 0.185 e. The van der Waals surface area contributed by atoms with E-state index in [0.717, 1.165) is 38.1 Å². The predicted octanol–water partition coefficient (Wildman–Crippen LogP) is 4.51. The van der Waals surface area contributed by atoms with Crippen LogP contribution in [0, 0.1) is 12.1 Å². The Balaban J connectivity index is 2.34. The molecule has 0 aliphatic heterocycles. The number of aliphatic hydroxyl groups is 1. The number of halogens is 1. The molecule has 0 bridgehead atoms. The molecule has 0 fully saturated rings. The molecule has 3 aromatic rings. The van der Waals surface area contributed by atoms with Gasteiger partial charge in [0.15, 0.2) is 5.13 Å². The van der Waals surface area contributed by atoms with Crippen LogP contribution < -0.4 is 0 Å². The summed E-state index contributed by atoms with van der Waals surface area (Å²) in [7, 11) is 0. The van der Waals surface area contributed by atoms with Crippen molar-refractivity contribution in [3.8, 4) is 11.1 Å². The van der Waals surface area contributed by atoms with Gasteiger partial charge >= 0.3 is 0 Å². The smallest absolute Gasteiger partial charge is 0.185 e. The Kier molecular flexibility index (Phi) is 3.09. The van der Waals surface area contributed by atoms with E-state index >= 15 is 0 Å². The Morgan fingerprint density at radius 3 is 2.68 bits per heavy atom. The second kappa shape index (κ2) is 4.76. The summed E-state index contributed by atoms with van der Waals surface area (Å²) in [6.07, 6.45) is 0. The van der Waals surface area contributed by atoms with Crippen LogP contribution in [0.5, 0.6) is 0 Å². The highest BCUT2D eigenvalue weighted by atomic mass is 32.1. The van der Waals surface area contributed by atoms with Crippen LogP contribution in [0.25, 0.3) is 21.2 Å². The van der Waals surface area contributed by atoms with Gasteiger partial charge in [-0.1, -0.05) is 30.3 Å². The van der Waals surface area contributed by atoms with Gasteiger partial charge in [-0.3, -0.25) is 0 Å². The van der Waals surface area contributed by atoms with Crippen molar-refractivity contribution in [2.75, 3.05) is 0 Å². The van der Waals surface area contributed by atoms with Gasteiger partial charge in [-0.15, -0.1) is 11.3 Å². The quantitative estimate of drug-likeness (QED) is 0.727. The third-order valence-electron chi connectivity index (χ3n) is 3.31. The third-order valence-corrected chi connectivity index (χ3v) is 4.27. The van der Waals surface area contributed by atoms with E-state index in [0.29, 0.717) is 5.56 Å². The zero-order valence-electron chi connectivity index (χ0n) is 10.5. The number of fused-ring (bicyclic) bond motifs is 1. The highest BCUT2D eigenvalue weighted by Gasteiger charge is 2.15. The Morgan fingerprint density at radius 2 is 1.95 bits per heavy atom. The molecule has 1 heterocycles. The fourth-order valence-corrected chi connectivity index (χ4v) is 3.24. The number of aryl methyl sites for hydroxylation is 1. The molecule has 0 saturated carbocycles. The van der Waals surface area contributed by atoms with Crippen LogP contribution in [-0.4, -0.2) is 5.11 Å². The van der Waals surface area contributed by atoms with E-state index in [1.165, 1.54) is 0 Å². The highest BCUT2D eigenvalue weighted by Crippen LogP contribution is 2.39. The molecule has 0 unspecified atom stereocenters. The molecular formula is C16H13FOS. The molecule has 0 radical (unpaired) electrons. The van der Waals surface area contributed by atoms with Gasteiger partial charge in [-0.25, -0.2) is 0 Å². The summed E-state index contributed by atoms with van der Waals surface area (Å²) in [5.74, 6) is 0. The van der Waals surface area contributed by atoms with Crippen LogP contribution >= 0.6 is 11.3 Å². The summed E-state index contributed by atoms with van der Waals surface area (Å²) in [4.78, 5) is 0. The van der Waals surface area contributed by atoms with Gasteiger partial charge in [0.05, 0.1) is 6.61 Å². The first-order chi connectivity index (χ1) is 9.20. The van der Waals surface area contributed by atoms with Crippen molar-refractivity contribution in [3.63, 3.8) is 0 Å². The monoisotopic (exact) mass is 272 g/mol. The van der Waals surface area contributed by atoms with Gasteiger partial charge in [0, 0.05) is 15.6 Å². The largest absolute Gasteiger partial charge is 0.392 e. The molecular weight excluding hydrogens is 259 g/mol. The summed E-state index contributed by atoms with van der Waals surface area (Å²) in [6.45, 7) is 1.95. The number of hydrogen-bond donors (Lipinski definition) is 1. The van der Waals surface area contributed by atoms with Crippen LogP contribution in [0.1, 0.15) is 11.1 Å². The zero-order valence-corrected chi connectivity index (χ0v) is 11.3. The maximum atomic E-state index is 14.3. The van der Waals surface area contributed by atoms with Crippen LogP contribution in [0.3, 0.4) is 0 Å². The average molecular weight is 272 g/mol. The van der Waals surface area contributed by atoms with Crippen LogP contribution in [-0.2, 0) is 6.61 Å². The lowest BCUT2D eigenvalue weighted by Gasteiger charge is -2.05. The first-order valence-electron chi connectivity index (χ1n) is 6.08. The van der Waals surface area contributed by atoms with Gasteiger partial charge in [0.2, 0.25) is 0 Å². The molecule has 1 nitrogen and oxygen atoms in total. The van der Waals surface area contributed by atoms with Crippen molar-refractivity contribution >= 4 is 21.4 Å². The third kappa shape index (κ3) is 2.05. The minimum Gasteiger partial charge on any atom is -0.392 e. The van der Waals surface area contributed by atoms with E-state index < -0.39 is 0 Å². The van der Waals surface area contributed by atoms with E-state index in [4.69, 9.17) is 0 Å². The topological polar surface area (TPSA) is 20.2 Å². The standard InChI is InChI=1S/C16H13FOS/c1-10-4-2-3-5-12(10)15-13-8-11(9-18)6-7-14(13)19-16(15)17/h2-8,18H,9H2,1H3. The Labute approximate surface area is 115 Å². The predicted molar refractivity (Wildman–Crippen MR) is 77.9 cm³/mol. The molecule has 1 N–H and O–H groups in total. The van der Waals surface area contributed by atoms with E-state index in [-0.39, 0.29) is 11.7 Å². The summed E-state index contributed by atoms with van der Waals surface area (Å²) >= 11 is 1.15. The summed E-state index contributed by atoms with van der Waals surface area (Å²) in [5, 5.41) is 9.94. The van der Waals surface area contributed by atoms with Gasteiger partial charge in [-0.05, 0) is 35.7 Å². The second-order valence-corrected chi connectivity index (χ2v) is 5.56. The summed E-state index contributed by atoms with van der Waals surface area (Å²) in [5.41, 5.74) is 3.42. The Bertz CT molecular complexity index is 746. The lowest BCUT2D eigenvalue weighted by Crippen LogP contribution is -1.85. The molecule has 3 rings (SSSR count). The molecule has 0 spiro atoms. The molecule has 2 aromatic carbocycles. The lowest BCUT2D eigenvalue weighted by molar-refractivity contribution is 0.282. The van der Waals surface area contributed by atoms with Gasteiger partial charge in [0.25, 0.3) is 0 Å². The molecule has 0 amide bonds. The Morgan fingerprint density at radius 1 is 1.16 bits per heavy atom. The number of hydrogen-bond acceptors (Lipinski definition) is 2. The molecule has 0 aliphatic carbocycles. The second-order valence-electron chi connectivity index (χ2n) is 4.55. The van der Waals surface area contributed by atoms with Gasteiger partial charge in [-0.2, -0.15) is 4.39 Å². The number of aliphatic hydroxyl groups excluding tert-OH is 1. The molecule has 0 aliphatic rings. The van der Waals surface area contributed by atoms with Gasteiger partial charge in [0.1, 0.15) is 0 Å². The summed E-state index contributed by atoms with van der Waals surface area (Å²) < 4.78 is 15.2. The molecule has 3 heteroatoms. The fraction of sp³-hybridized carbons (Fsp3) is 0.125. The zero-order chi connectivity index (χ0) is 13.4. The van der Waals surface area contributed by atoms with E-state index in [1.807, 2.05) is 49.4 Å².